The number of benzene rings is 4. The molecule has 2 aliphatic rings. The predicted octanol–water partition coefficient (Wildman–Crippen LogP) is 7.95. The van der Waals surface area contributed by atoms with E-state index in [-0.39, 0.29) is 0 Å². The highest BCUT2D eigenvalue weighted by molar-refractivity contribution is 9.10. The molecule has 4 heteroatoms. The van der Waals surface area contributed by atoms with Crippen LogP contribution in [0.2, 0.25) is 0 Å². The molecule has 0 aromatic heterocycles. The lowest BCUT2D eigenvalue weighted by atomic mass is 10.1. The second-order valence-corrected chi connectivity index (χ2v) is 11.2. The average Bonchev–Trinajstić information content (AvgIpc) is 3.39. The van der Waals surface area contributed by atoms with E-state index in [2.05, 4.69) is 118 Å². The highest BCUT2D eigenvalue weighted by Gasteiger charge is 2.27. The summed E-state index contributed by atoms with van der Waals surface area (Å²) in [4.78, 5) is 2.29. The summed E-state index contributed by atoms with van der Waals surface area (Å²) in [7, 11) is -0.572. The maximum absolute atomic E-state index is 6.17. The fourth-order valence-electron chi connectivity index (χ4n) is 4.46. The minimum Gasteiger partial charge on any atom is -0.453 e. The van der Waals surface area contributed by atoms with Gasteiger partial charge in [0.25, 0.3) is 0 Å². The minimum atomic E-state index is -0.572. The van der Waals surface area contributed by atoms with Crippen LogP contribution in [0.25, 0.3) is 0 Å². The van der Waals surface area contributed by atoms with Gasteiger partial charge < -0.3 is 9.64 Å². The van der Waals surface area contributed by atoms with Crippen molar-refractivity contribution in [3.63, 3.8) is 0 Å². The largest absolute Gasteiger partial charge is 0.453 e. The van der Waals surface area contributed by atoms with E-state index in [1.54, 1.807) is 0 Å². The molecule has 0 bridgehead atoms. The fourth-order valence-corrected chi connectivity index (χ4v) is 7.82. The Morgan fingerprint density at radius 2 is 1.24 bits per heavy atom. The molecular formula is C29H21BrNOP. The molecule has 1 heterocycles. The van der Waals surface area contributed by atoms with Gasteiger partial charge in [0.1, 0.15) is 0 Å². The normalized spacial score (nSPS) is 15.1. The monoisotopic (exact) mass is 509 g/mol. The number of halogens is 1. The van der Waals surface area contributed by atoms with Crippen LogP contribution in [0.4, 0.5) is 17.1 Å². The lowest BCUT2D eigenvalue weighted by molar-refractivity contribution is 0.477. The second-order valence-electron chi connectivity index (χ2n) is 7.97. The van der Waals surface area contributed by atoms with E-state index >= 15 is 0 Å². The molecule has 0 saturated heterocycles. The third-order valence-corrected chi connectivity index (χ3v) is 9.66. The summed E-state index contributed by atoms with van der Waals surface area (Å²) < 4.78 is 7.34. The number of fused-ring (bicyclic) bond motifs is 2. The Morgan fingerprint density at radius 3 is 1.88 bits per heavy atom. The van der Waals surface area contributed by atoms with Crippen molar-refractivity contribution in [2.45, 2.75) is 5.66 Å². The Bertz CT molecular complexity index is 1320. The van der Waals surface area contributed by atoms with Gasteiger partial charge in [-0.3, -0.25) is 0 Å². The number of ether oxygens (including phenoxy) is 1. The molecule has 0 fully saturated rings. The summed E-state index contributed by atoms with van der Waals surface area (Å²) in [5, 5.41) is 2.72. The third-order valence-electron chi connectivity index (χ3n) is 5.96. The number of nitrogens with zero attached hydrogens (tertiary/aromatic N) is 1. The number of anilines is 3. The quantitative estimate of drug-likeness (QED) is 0.228. The Kier molecular flexibility index (Phi) is 5.38. The van der Waals surface area contributed by atoms with Crippen LogP contribution in [0.1, 0.15) is 0 Å². The summed E-state index contributed by atoms with van der Waals surface area (Å²) in [5.41, 5.74) is 3.63. The van der Waals surface area contributed by atoms with Crippen LogP contribution in [0.15, 0.2) is 126 Å². The lowest BCUT2D eigenvalue weighted by Gasteiger charge is -2.33. The van der Waals surface area contributed by atoms with E-state index in [1.165, 1.54) is 15.1 Å². The molecule has 160 valence electrons. The molecule has 1 aliphatic heterocycles. The maximum Gasteiger partial charge on any atom is 0.151 e. The molecule has 33 heavy (non-hydrogen) atoms. The van der Waals surface area contributed by atoms with Gasteiger partial charge in [-0.1, -0.05) is 94.8 Å². The van der Waals surface area contributed by atoms with E-state index in [9.17, 15) is 0 Å². The van der Waals surface area contributed by atoms with Crippen molar-refractivity contribution in [1.29, 1.82) is 0 Å². The van der Waals surface area contributed by atoms with E-state index in [4.69, 9.17) is 4.74 Å². The van der Waals surface area contributed by atoms with Crippen LogP contribution >= 0.6 is 23.9 Å². The van der Waals surface area contributed by atoms with E-state index < -0.39 is 7.92 Å². The maximum atomic E-state index is 6.17. The van der Waals surface area contributed by atoms with E-state index in [0.29, 0.717) is 5.66 Å². The van der Waals surface area contributed by atoms with Crippen LogP contribution < -0.4 is 20.2 Å². The molecule has 0 spiro atoms. The highest BCUT2D eigenvalue weighted by Crippen LogP contribution is 2.50. The van der Waals surface area contributed by atoms with Crippen LogP contribution in [-0.4, -0.2) is 5.66 Å². The van der Waals surface area contributed by atoms with Gasteiger partial charge in [-0.15, -0.1) is 0 Å². The zero-order chi connectivity index (χ0) is 22.2. The molecule has 1 atom stereocenters. The Labute approximate surface area is 203 Å². The second kappa shape index (κ2) is 8.67. The Balaban J connectivity index is 1.43. The SMILES string of the molecule is Brc1ccccc1P(c1ccc(N2c3ccccc3Oc3ccccc32)cc1)C1C=CC=C1. The van der Waals surface area contributed by atoms with Crippen LogP contribution in [0, 0.1) is 0 Å². The lowest BCUT2D eigenvalue weighted by Crippen LogP contribution is -2.20. The van der Waals surface area contributed by atoms with Crippen LogP contribution in [-0.2, 0) is 0 Å². The van der Waals surface area contributed by atoms with Gasteiger partial charge in [0.15, 0.2) is 11.5 Å². The van der Waals surface area contributed by atoms with Crippen molar-refractivity contribution in [1.82, 2.24) is 0 Å². The first kappa shape index (κ1) is 20.5. The third kappa shape index (κ3) is 3.72. The first-order valence-electron chi connectivity index (χ1n) is 10.9. The zero-order valence-corrected chi connectivity index (χ0v) is 20.3. The van der Waals surface area contributed by atoms with Crippen molar-refractivity contribution < 1.29 is 4.74 Å². The predicted molar refractivity (Wildman–Crippen MR) is 144 cm³/mol. The molecule has 0 N–H and O–H groups in total. The molecule has 2 nitrogen and oxygen atoms in total. The van der Waals surface area contributed by atoms with Gasteiger partial charge in [-0.05, 0) is 61.0 Å². The number of hydrogen-bond acceptors (Lipinski definition) is 2. The van der Waals surface area contributed by atoms with Gasteiger partial charge in [-0.25, -0.2) is 0 Å². The summed E-state index contributed by atoms with van der Waals surface area (Å²) in [6, 6.07) is 34.1. The van der Waals surface area contributed by atoms with Gasteiger partial charge in [0.05, 0.1) is 11.4 Å². The molecule has 1 unspecified atom stereocenters. The van der Waals surface area contributed by atoms with Crippen molar-refractivity contribution in [3.8, 4) is 11.5 Å². The molecule has 1 aliphatic carbocycles. The van der Waals surface area contributed by atoms with Crippen molar-refractivity contribution in [3.05, 3.63) is 126 Å². The number of para-hydroxylation sites is 4. The number of allylic oxidation sites excluding steroid dienone is 4. The molecule has 6 rings (SSSR count). The Hall–Kier alpha value is -3.13. The smallest absolute Gasteiger partial charge is 0.151 e. The Morgan fingerprint density at radius 1 is 0.667 bits per heavy atom. The van der Waals surface area contributed by atoms with Gasteiger partial charge >= 0.3 is 0 Å². The van der Waals surface area contributed by atoms with E-state index in [1.807, 2.05) is 24.3 Å². The summed E-state index contributed by atoms with van der Waals surface area (Å²) in [6.45, 7) is 0. The molecule has 4 aromatic rings. The standard InChI is InChI=1S/C29H21BrNOP/c30-24-11-3-8-16-29(24)33(22-9-1-2-10-22)23-19-17-21(18-20-23)31-25-12-4-6-14-27(25)32-28-15-7-5-13-26(28)31/h1-20,22H. The molecule has 4 aromatic carbocycles. The van der Waals surface area contributed by atoms with Crippen molar-refractivity contribution in [2.75, 3.05) is 4.90 Å². The summed E-state index contributed by atoms with van der Waals surface area (Å²) in [6.07, 6.45) is 8.95. The minimum absolute atomic E-state index is 0.398. The van der Waals surface area contributed by atoms with Crippen LogP contribution in [0.5, 0.6) is 11.5 Å². The fraction of sp³-hybridized carbons (Fsp3) is 0.0345. The topological polar surface area (TPSA) is 12.5 Å². The highest BCUT2D eigenvalue weighted by atomic mass is 79.9. The van der Waals surface area contributed by atoms with Crippen LogP contribution in [0.3, 0.4) is 0 Å². The number of rotatable bonds is 4. The molecule has 0 radical (unpaired) electrons. The van der Waals surface area contributed by atoms with Gasteiger partial charge in [-0.2, -0.15) is 0 Å². The summed E-state index contributed by atoms with van der Waals surface area (Å²) >= 11 is 3.80. The first-order valence-corrected chi connectivity index (χ1v) is 13.1. The molecule has 0 saturated carbocycles. The first-order chi connectivity index (χ1) is 16.3. The van der Waals surface area contributed by atoms with Crippen molar-refractivity contribution >= 4 is 51.5 Å². The summed E-state index contributed by atoms with van der Waals surface area (Å²) in [5.74, 6) is 1.74. The zero-order valence-electron chi connectivity index (χ0n) is 17.8. The average molecular weight is 510 g/mol. The molecule has 0 amide bonds. The molecular weight excluding hydrogens is 489 g/mol. The van der Waals surface area contributed by atoms with Crippen molar-refractivity contribution in [2.24, 2.45) is 0 Å². The van der Waals surface area contributed by atoms with Gasteiger partial charge in [0.2, 0.25) is 0 Å². The van der Waals surface area contributed by atoms with E-state index in [0.717, 1.165) is 28.6 Å². The number of hydrogen-bond donors (Lipinski definition) is 0. The van der Waals surface area contributed by atoms with Gasteiger partial charge in [0, 0.05) is 15.8 Å².